The average Bonchev–Trinajstić information content (AvgIpc) is 2.75. The summed E-state index contributed by atoms with van der Waals surface area (Å²) in [6, 6.07) is 18.3. The average molecular weight is 428 g/mol. The van der Waals surface area contributed by atoms with Crippen molar-refractivity contribution >= 4 is 21.6 Å². The van der Waals surface area contributed by atoms with Crippen LogP contribution in [0, 0.1) is 5.82 Å². The van der Waals surface area contributed by atoms with Crippen LogP contribution >= 0.6 is 0 Å². The fraction of sp³-hybridized carbons (Fsp3) is 0.136. The summed E-state index contributed by atoms with van der Waals surface area (Å²) < 4.78 is 46.5. The number of hydrogen-bond acceptors (Lipinski definition) is 4. The number of rotatable bonds is 8. The molecule has 0 aliphatic carbocycles. The van der Waals surface area contributed by atoms with Gasteiger partial charge in [-0.15, -0.1) is 0 Å². The molecule has 0 aromatic heterocycles. The Morgan fingerprint density at radius 2 is 1.73 bits per heavy atom. The largest absolute Gasteiger partial charge is 0.494 e. The number of carbonyl (C=O) groups is 1. The zero-order valence-electron chi connectivity index (χ0n) is 16.3. The SMILES string of the molecule is CCOc1ccc(CNC(=O)c2cccc(S(=O)(=O)Nc3ccccc3F)c2)cc1. The first-order valence-electron chi connectivity index (χ1n) is 9.26. The number of carbonyl (C=O) groups excluding carboxylic acids is 1. The Kier molecular flexibility index (Phi) is 6.68. The van der Waals surface area contributed by atoms with E-state index >= 15 is 0 Å². The summed E-state index contributed by atoms with van der Waals surface area (Å²) in [4.78, 5) is 12.3. The maximum absolute atomic E-state index is 13.8. The second kappa shape index (κ2) is 9.41. The predicted molar refractivity (Wildman–Crippen MR) is 112 cm³/mol. The quantitative estimate of drug-likeness (QED) is 0.569. The topological polar surface area (TPSA) is 84.5 Å². The van der Waals surface area contributed by atoms with Gasteiger partial charge in [-0.25, -0.2) is 12.8 Å². The lowest BCUT2D eigenvalue weighted by Crippen LogP contribution is -2.23. The highest BCUT2D eigenvalue weighted by Crippen LogP contribution is 2.20. The zero-order valence-corrected chi connectivity index (χ0v) is 17.1. The molecule has 0 saturated heterocycles. The van der Waals surface area contributed by atoms with Gasteiger partial charge in [0.2, 0.25) is 0 Å². The first-order chi connectivity index (χ1) is 14.4. The van der Waals surface area contributed by atoms with Gasteiger partial charge in [0.25, 0.3) is 15.9 Å². The van der Waals surface area contributed by atoms with E-state index in [1.165, 1.54) is 42.5 Å². The van der Waals surface area contributed by atoms with Gasteiger partial charge in [-0.05, 0) is 55.0 Å². The molecule has 0 aliphatic heterocycles. The van der Waals surface area contributed by atoms with E-state index < -0.39 is 21.7 Å². The Balaban J connectivity index is 1.69. The van der Waals surface area contributed by atoms with Crippen molar-refractivity contribution in [3.05, 3.63) is 89.7 Å². The first-order valence-corrected chi connectivity index (χ1v) is 10.7. The minimum atomic E-state index is -4.05. The monoisotopic (exact) mass is 428 g/mol. The van der Waals surface area contributed by atoms with E-state index in [4.69, 9.17) is 4.74 Å². The van der Waals surface area contributed by atoms with Crippen molar-refractivity contribution in [2.45, 2.75) is 18.4 Å². The molecule has 8 heteroatoms. The van der Waals surface area contributed by atoms with Crippen molar-refractivity contribution in [1.82, 2.24) is 5.32 Å². The van der Waals surface area contributed by atoms with Crippen LogP contribution in [0.2, 0.25) is 0 Å². The van der Waals surface area contributed by atoms with Gasteiger partial charge in [-0.2, -0.15) is 0 Å². The lowest BCUT2D eigenvalue weighted by atomic mass is 10.2. The van der Waals surface area contributed by atoms with Crippen LogP contribution in [0.5, 0.6) is 5.75 Å². The fourth-order valence-electron chi connectivity index (χ4n) is 2.71. The Morgan fingerprint density at radius 3 is 2.43 bits per heavy atom. The summed E-state index contributed by atoms with van der Waals surface area (Å²) in [6.45, 7) is 2.74. The Morgan fingerprint density at radius 1 is 1.00 bits per heavy atom. The number of anilines is 1. The van der Waals surface area contributed by atoms with Gasteiger partial charge in [-0.3, -0.25) is 9.52 Å². The Bertz CT molecular complexity index is 1130. The molecule has 0 aliphatic rings. The van der Waals surface area contributed by atoms with Gasteiger partial charge in [-0.1, -0.05) is 30.3 Å². The number of ether oxygens (including phenoxy) is 1. The minimum absolute atomic E-state index is 0.139. The van der Waals surface area contributed by atoms with Crippen LogP contribution < -0.4 is 14.8 Å². The molecule has 0 spiro atoms. The number of para-hydroxylation sites is 1. The molecule has 0 fully saturated rings. The molecule has 156 valence electrons. The summed E-state index contributed by atoms with van der Waals surface area (Å²) >= 11 is 0. The highest BCUT2D eigenvalue weighted by Gasteiger charge is 2.18. The molecule has 1 amide bonds. The molecular weight excluding hydrogens is 407 g/mol. The third-order valence-electron chi connectivity index (χ3n) is 4.21. The van der Waals surface area contributed by atoms with Gasteiger partial charge in [0.1, 0.15) is 11.6 Å². The summed E-state index contributed by atoms with van der Waals surface area (Å²) in [7, 11) is -4.05. The standard InChI is InChI=1S/C22H21FN2O4S/c1-2-29-18-12-10-16(11-13-18)15-24-22(26)17-6-5-7-19(14-17)30(27,28)25-21-9-4-3-8-20(21)23/h3-14,25H,2,15H2,1H3,(H,24,26). The van der Waals surface area contributed by atoms with Crippen molar-refractivity contribution in [3.63, 3.8) is 0 Å². The summed E-state index contributed by atoms with van der Waals surface area (Å²) in [5, 5.41) is 2.75. The first kappa shape index (κ1) is 21.3. The predicted octanol–water partition coefficient (Wildman–Crippen LogP) is 3.96. The maximum atomic E-state index is 13.8. The van der Waals surface area contributed by atoms with Crippen molar-refractivity contribution in [1.29, 1.82) is 0 Å². The zero-order chi connectivity index (χ0) is 21.6. The van der Waals surface area contributed by atoms with Gasteiger partial charge in [0.05, 0.1) is 17.2 Å². The molecule has 0 heterocycles. The van der Waals surface area contributed by atoms with E-state index in [0.717, 1.165) is 17.4 Å². The van der Waals surface area contributed by atoms with E-state index in [9.17, 15) is 17.6 Å². The van der Waals surface area contributed by atoms with Crippen LogP contribution in [-0.2, 0) is 16.6 Å². The summed E-state index contributed by atoms with van der Waals surface area (Å²) in [5.74, 6) is -0.370. The molecular formula is C22H21FN2O4S. The molecule has 3 rings (SSSR count). The maximum Gasteiger partial charge on any atom is 0.262 e. The van der Waals surface area contributed by atoms with Crippen molar-refractivity contribution in [3.8, 4) is 5.75 Å². The van der Waals surface area contributed by atoms with E-state index in [0.29, 0.717) is 6.61 Å². The second-order valence-corrected chi connectivity index (χ2v) is 8.06. The molecule has 0 radical (unpaired) electrons. The number of sulfonamides is 1. The molecule has 0 saturated carbocycles. The number of amides is 1. The third-order valence-corrected chi connectivity index (χ3v) is 5.58. The molecule has 3 aromatic carbocycles. The van der Waals surface area contributed by atoms with Gasteiger partial charge < -0.3 is 10.1 Å². The van der Waals surface area contributed by atoms with Crippen LogP contribution in [0.1, 0.15) is 22.8 Å². The highest BCUT2D eigenvalue weighted by atomic mass is 32.2. The van der Waals surface area contributed by atoms with E-state index in [1.54, 1.807) is 0 Å². The Labute approximate surface area is 174 Å². The fourth-order valence-corrected chi connectivity index (χ4v) is 3.82. The van der Waals surface area contributed by atoms with Crippen LogP contribution in [0.25, 0.3) is 0 Å². The highest BCUT2D eigenvalue weighted by molar-refractivity contribution is 7.92. The third kappa shape index (κ3) is 5.36. The number of halogens is 1. The van der Waals surface area contributed by atoms with Crippen LogP contribution in [-0.4, -0.2) is 20.9 Å². The number of hydrogen-bond donors (Lipinski definition) is 2. The smallest absolute Gasteiger partial charge is 0.262 e. The van der Waals surface area contributed by atoms with Crippen LogP contribution in [0.3, 0.4) is 0 Å². The lowest BCUT2D eigenvalue weighted by Gasteiger charge is -2.11. The molecule has 30 heavy (non-hydrogen) atoms. The van der Waals surface area contributed by atoms with E-state index in [-0.39, 0.29) is 22.7 Å². The van der Waals surface area contributed by atoms with Crippen molar-refractivity contribution < 1.29 is 22.3 Å². The van der Waals surface area contributed by atoms with Crippen LogP contribution in [0.4, 0.5) is 10.1 Å². The van der Waals surface area contributed by atoms with Gasteiger partial charge in [0, 0.05) is 12.1 Å². The van der Waals surface area contributed by atoms with Crippen molar-refractivity contribution in [2.24, 2.45) is 0 Å². The second-order valence-electron chi connectivity index (χ2n) is 6.37. The van der Waals surface area contributed by atoms with E-state index in [1.807, 2.05) is 31.2 Å². The molecule has 2 N–H and O–H groups in total. The van der Waals surface area contributed by atoms with E-state index in [2.05, 4.69) is 10.0 Å². The summed E-state index contributed by atoms with van der Waals surface area (Å²) in [5.41, 5.74) is 0.886. The van der Waals surface area contributed by atoms with Gasteiger partial charge >= 0.3 is 0 Å². The van der Waals surface area contributed by atoms with Crippen molar-refractivity contribution in [2.75, 3.05) is 11.3 Å². The molecule has 0 bridgehead atoms. The summed E-state index contributed by atoms with van der Waals surface area (Å²) in [6.07, 6.45) is 0. The molecule has 0 atom stereocenters. The number of benzene rings is 3. The molecule has 3 aromatic rings. The minimum Gasteiger partial charge on any atom is -0.494 e. The molecule has 6 nitrogen and oxygen atoms in total. The van der Waals surface area contributed by atoms with Crippen LogP contribution in [0.15, 0.2) is 77.7 Å². The Hall–Kier alpha value is -3.39. The molecule has 0 unspecified atom stereocenters. The normalized spacial score (nSPS) is 11.0. The lowest BCUT2D eigenvalue weighted by molar-refractivity contribution is 0.0950. The van der Waals surface area contributed by atoms with Gasteiger partial charge in [0.15, 0.2) is 0 Å². The number of nitrogens with one attached hydrogen (secondary N) is 2.